The van der Waals surface area contributed by atoms with E-state index >= 15 is 0 Å². The lowest BCUT2D eigenvalue weighted by atomic mass is 10.2. The lowest BCUT2D eigenvalue weighted by Gasteiger charge is -1.89. The summed E-state index contributed by atoms with van der Waals surface area (Å²) in [6, 6.07) is 8.06. The predicted molar refractivity (Wildman–Crippen MR) is 72.5 cm³/mol. The Morgan fingerprint density at radius 2 is 1.73 bits per heavy atom. The van der Waals surface area contributed by atoms with E-state index in [2.05, 4.69) is 30.8 Å². The van der Waals surface area contributed by atoms with Crippen molar-refractivity contribution in [2.24, 2.45) is 0 Å². The topological polar surface area (TPSA) is 12.0 Å². The highest BCUT2D eigenvalue weighted by molar-refractivity contribution is 7.80. The highest BCUT2D eigenvalue weighted by atomic mass is 32.1. The van der Waals surface area contributed by atoms with Crippen molar-refractivity contribution < 1.29 is 0 Å². The summed E-state index contributed by atoms with van der Waals surface area (Å²) in [4.78, 5) is 1.02. The molecular weight excluding hydrogens is 202 g/mol. The Bertz CT molecular complexity index is 238. The minimum Gasteiger partial charge on any atom is -0.309 e. The van der Waals surface area contributed by atoms with Crippen molar-refractivity contribution in [2.75, 3.05) is 13.6 Å². The fourth-order valence-corrected chi connectivity index (χ4v) is 0.796. The van der Waals surface area contributed by atoms with Gasteiger partial charge in [-0.2, -0.15) is 0 Å². The third-order valence-corrected chi connectivity index (χ3v) is 1.61. The first-order chi connectivity index (χ1) is 7.20. The second-order valence-electron chi connectivity index (χ2n) is 2.57. The SMILES string of the molecule is C#CCNC.CC.Cc1ccc(S)cc1. The summed E-state index contributed by atoms with van der Waals surface area (Å²) in [6.07, 6.45) is 4.83. The van der Waals surface area contributed by atoms with Crippen LogP contribution in [0.25, 0.3) is 0 Å². The number of rotatable bonds is 1. The number of hydrogen-bond donors (Lipinski definition) is 2. The average Bonchev–Trinajstić information content (AvgIpc) is 2.27. The minimum atomic E-state index is 0.667. The summed E-state index contributed by atoms with van der Waals surface area (Å²) in [7, 11) is 1.82. The number of nitrogens with one attached hydrogen (secondary N) is 1. The molecule has 1 rings (SSSR count). The molecule has 1 N–H and O–H groups in total. The van der Waals surface area contributed by atoms with Crippen LogP contribution in [0, 0.1) is 19.3 Å². The zero-order valence-corrected chi connectivity index (χ0v) is 10.9. The quantitative estimate of drug-likeness (QED) is 0.550. The van der Waals surface area contributed by atoms with E-state index in [1.54, 1.807) is 0 Å². The second kappa shape index (κ2) is 13.1. The van der Waals surface area contributed by atoms with Gasteiger partial charge in [0.05, 0.1) is 6.54 Å². The van der Waals surface area contributed by atoms with E-state index in [0.29, 0.717) is 6.54 Å². The van der Waals surface area contributed by atoms with Crippen LogP contribution in [0.2, 0.25) is 0 Å². The molecule has 0 saturated heterocycles. The van der Waals surface area contributed by atoms with Crippen LogP contribution in [0.1, 0.15) is 19.4 Å². The van der Waals surface area contributed by atoms with Crippen LogP contribution in [0.5, 0.6) is 0 Å². The molecule has 0 aliphatic heterocycles. The standard InChI is InChI=1S/C7H8S.C4H7N.C2H6/c1-6-2-4-7(8)5-3-6;1-3-4-5-2;1-2/h2-5,8H,1H3;1,5H,4H2,2H3;1-2H3. The van der Waals surface area contributed by atoms with Crippen LogP contribution in [0.3, 0.4) is 0 Å². The first kappa shape index (κ1) is 16.5. The summed E-state index contributed by atoms with van der Waals surface area (Å²) in [5.41, 5.74) is 1.28. The number of hydrogen-bond acceptors (Lipinski definition) is 2. The van der Waals surface area contributed by atoms with E-state index in [4.69, 9.17) is 6.42 Å². The predicted octanol–water partition coefficient (Wildman–Crippen LogP) is 3.15. The van der Waals surface area contributed by atoms with E-state index < -0.39 is 0 Å². The van der Waals surface area contributed by atoms with Gasteiger partial charge in [-0.15, -0.1) is 19.1 Å². The average molecular weight is 223 g/mol. The first-order valence-electron chi connectivity index (χ1n) is 5.04. The van der Waals surface area contributed by atoms with Crippen molar-refractivity contribution in [1.29, 1.82) is 0 Å². The third-order valence-electron chi connectivity index (χ3n) is 1.31. The molecule has 0 aromatic heterocycles. The highest BCUT2D eigenvalue weighted by Gasteiger charge is 1.80. The van der Waals surface area contributed by atoms with Gasteiger partial charge in [0.15, 0.2) is 0 Å². The smallest absolute Gasteiger partial charge is 0.0571 e. The van der Waals surface area contributed by atoms with Crippen LogP contribution < -0.4 is 5.32 Å². The van der Waals surface area contributed by atoms with Crippen molar-refractivity contribution in [3.8, 4) is 12.3 Å². The van der Waals surface area contributed by atoms with Crippen molar-refractivity contribution in [3.63, 3.8) is 0 Å². The van der Waals surface area contributed by atoms with Gasteiger partial charge in [-0.1, -0.05) is 37.5 Å². The summed E-state index contributed by atoms with van der Waals surface area (Å²) in [5.74, 6) is 2.41. The largest absolute Gasteiger partial charge is 0.309 e. The van der Waals surface area contributed by atoms with Crippen LogP contribution in [-0.4, -0.2) is 13.6 Å². The van der Waals surface area contributed by atoms with Gasteiger partial charge in [0.25, 0.3) is 0 Å². The molecule has 1 aromatic rings. The first-order valence-corrected chi connectivity index (χ1v) is 5.49. The highest BCUT2D eigenvalue weighted by Crippen LogP contribution is 2.05. The molecule has 0 heterocycles. The third kappa shape index (κ3) is 13.1. The van der Waals surface area contributed by atoms with Crippen LogP contribution >= 0.6 is 12.6 Å². The molecular formula is C13H21NS. The Morgan fingerprint density at radius 1 is 1.27 bits per heavy atom. The molecule has 15 heavy (non-hydrogen) atoms. The molecule has 0 spiro atoms. The summed E-state index contributed by atoms with van der Waals surface area (Å²) in [6.45, 7) is 6.73. The summed E-state index contributed by atoms with van der Waals surface area (Å²) < 4.78 is 0. The Morgan fingerprint density at radius 3 is 1.93 bits per heavy atom. The van der Waals surface area contributed by atoms with E-state index in [1.807, 2.05) is 45.2 Å². The van der Waals surface area contributed by atoms with E-state index in [-0.39, 0.29) is 0 Å². The number of thiol groups is 1. The van der Waals surface area contributed by atoms with Crippen LogP contribution in [0.4, 0.5) is 0 Å². The van der Waals surface area contributed by atoms with Gasteiger partial charge in [-0.05, 0) is 26.1 Å². The van der Waals surface area contributed by atoms with Gasteiger partial charge < -0.3 is 5.32 Å². The molecule has 2 heteroatoms. The molecule has 1 nitrogen and oxygen atoms in total. The Balaban J connectivity index is 0. The molecule has 0 bridgehead atoms. The Labute approximate surface area is 99.7 Å². The van der Waals surface area contributed by atoms with Gasteiger partial charge in [-0.25, -0.2) is 0 Å². The Kier molecular flexibility index (Phi) is 14.4. The van der Waals surface area contributed by atoms with Crippen molar-refractivity contribution >= 4 is 12.6 Å². The summed E-state index contributed by atoms with van der Waals surface area (Å²) in [5, 5.41) is 2.78. The van der Waals surface area contributed by atoms with Gasteiger partial charge in [0.1, 0.15) is 0 Å². The number of benzene rings is 1. The lowest BCUT2D eigenvalue weighted by molar-refractivity contribution is 0.939. The zero-order chi connectivity index (χ0) is 12.1. The van der Waals surface area contributed by atoms with Gasteiger partial charge in [0.2, 0.25) is 0 Å². The molecule has 0 aliphatic rings. The van der Waals surface area contributed by atoms with Crippen LogP contribution in [0.15, 0.2) is 29.2 Å². The maximum Gasteiger partial charge on any atom is 0.0571 e. The fourth-order valence-electron chi connectivity index (χ4n) is 0.647. The zero-order valence-electron chi connectivity index (χ0n) is 10.0. The monoisotopic (exact) mass is 223 g/mol. The van der Waals surface area contributed by atoms with E-state index in [1.165, 1.54) is 5.56 Å². The maximum atomic E-state index is 4.83. The van der Waals surface area contributed by atoms with E-state index in [0.717, 1.165) is 4.90 Å². The molecule has 0 aliphatic carbocycles. The van der Waals surface area contributed by atoms with Crippen molar-refractivity contribution in [3.05, 3.63) is 29.8 Å². The molecule has 0 atom stereocenters. The van der Waals surface area contributed by atoms with Crippen molar-refractivity contribution in [2.45, 2.75) is 25.7 Å². The minimum absolute atomic E-state index is 0.667. The molecule has 0 radical (unpaired) electrons. The van der Waals surface area contributed by atoms with Gasteiger partial charge in [0, 0.05) is 4.90 Å². The van der Waals surface area contributed by atoms with Crippen LogP contribution in [-0.2, 0) is 0 Å². The summed E-state index contributed by atoms with van der Waals surface area (Å²) >= 11 is 4.13. The van der Waals surface area contributed by atoms with E-state index in [9.17, 15) is 0 Å². The fraction of sp³-hybridized carbons (Fsp3) is 0.385. The molecule has 0 amide bonds. The van der Waals surface area contributed by atoms with Gasteiger partial charge >= 0.3 is 0 Å². The number of aryl methyl sites for hydroxylation is 1. The normalized spacial score (nSPS) is 7.47. The second-order valence-corrected chi connectivity index (χ2v) is 3.09. The Hall–Kier alpha value is -0.910. The molecule has 84 valence electrons. The van der Waals surface area contributed by atoms with Crippen molar-refractivity contribution in [1.82, 2.24) is 5.32 Å². The molecule has 0 fully saturated rings. The maximum absolute atomic E-state index is 4.83. The molecule has 1 aromatic carbocycles. The van der Waals surface area contributed by atoms with Gasteiger partial charge in [-0.3, -0.25) is 0 Å². The number of terminal acetylenes is 1. The molecule has 0 saturated carbocycles. The lowest BCUT2D eigenvalue weighted by Crippen LogP contribution is -2.03. The molecule has 0 unspecified atom stereocenters.